The van der Waals surface area contributed by atoms with E-state index in [1.165, 1.54) is 6.07 Å². The highest BCUT2D eigenvalue weighted by Gasteiger charge is 2.22. The molecule has 1 aliphatic heterocycles. The first-order valence-corrected chi connectivity index (χ1v) is 5.39. The van der Waals surface area contributed by atoms with Crippen LogP contribution < -0.4 is 4.74 Å². The Morgan fingerprint density at radius 1 is 1.60 bits per heavy atom. The molecule has 0 unspecified atom stereocenters. The number of hydrogen-bond acceptors (Lipinski definition) is 2. The number of nitrogens with zero attached hydrogens (tertiary/aromatic N) is 1. The normalized spacial score (nSPS) is 21.7. The van der Waals surface area contributed by atoms with Gasteiger partial charge < -0.3 is 4.74 Å². The molecule has 1 aromatic rings. The molecule has 1 aromatic carbocycles. The summed E-state index contributed by atoms with van der Waals surface area (Å²) in [4.78, 5) is 0. The molecule has 0 saturated heterocycles. The van der Waals surface area contributed by atoms with E-state index in [2.05, 4.69) is 0 Å². The summed E-state index contributed by atoms with van der Waals surface area (Å²) in [5.74, 6) is 0.361. The van der Waals surface area contributed by atoms with Gasteiger partial charge in [0.05, 0.1) is 6.54 Å². The van der Waals surface area contributed by atoms with Crippen LogP contribution in [0.4, 0.5) is 4.39 Å². The van der Waals surface area contributed by atoms with E-state index < -0.39 is 0 Å². The molecule has 4 heteroatoms. The van der Waals surface area contributed by atoms with Crippen molar-refractivity contribution < 1.29 is 9.13 Å². The third-order valence-corrected chi connectivity index (χ3v) is 2.81. The zero-order valence-electron chi connectivity index (χ0n) is 8.54. The first kappa shape index (κ1) is 10.7. The number of halogens is 2. The highest BCUT2D eigenvalue weighted by molar-refractivity contribution is 6.13. The van der Waals surface area contributed by atoms with Gasteiger partial charge >= 0.3 is 0 Å². The lowest BCUT2D eigenvalue weighted by molar-refractivity contribution is 0.180. The van der Waals surface area contributed by atoms with Gasteiger partial charge in [-0.2, -0.15) is 0 Å². The molecule has 0 N–H and O–H groups in total. The fourth-order valence-corrected chi connectivity index (χ4v) is 1.96. The summed E-state index contributed by atoms with van der Waals surface area (Å²) in [5.41, 5.74) is 0.545. The summed E-state index contributed by atoms with van der Waals surface area (Å²) in [6.45, 7) is 3.03. The highest BCUT2D eigenvalue weighted by atomic mass is 35.5. The molecule has 0 fully saturated rings. The molecule has 1 atom stereocenters. The topological polar surface area (TPSA) is 12.5 Å². The van der Waals surface area contributed by atoms with Gasteiger partial charge in [-0.05, 0) is 30.3 Å². The number of hydrogen-bond donors (Lipinski definition) is 0. The smallest absolute Gasteiger partial charge is 0.131 e. The van der Waals surface area contributed by atoms with Crippen molar-refractivity contribution in [3.05, 3.63) is 29.6 Å². The fourth-order valence-electron chi connectivity index (χ4n) is 1.69. The second kappa shape index (κ2) is 4.37. The van der Waals surface area contributed by atoms with Gasteiger partial charge in [-0.1, -0.05) is 13.0 Å². The van der Waals surface area contributed by atoms with Gasteiger partial charge in [-0.25, -0.2) is 8.81 Å². The second-order valence-electron chi connectivity index (χ2n) is 3.67. The Morgan fingerprint density at radius 3 is 3.13 bits per heavy atom. The zero-order valence-corrected chi connectivity index (χ0v) is 9.30. The van der Waals surface area contributed by atoms with E-state index in [-0.39, 0.29) is 11.9 Å². The van der Waals surface area contributed by atoms with Crippen molar-refractivity contribution >= 4 is 11.8 Å². The van der Waals surface area contributed by atoms with Gasteiger partial charge in [0.15, 0.2) is 0 Å². The fraction of sp³-hybridized carbons (Fsp3) is 0.455. The lowest BCUT2D eigenvalue weighted by Gasteiger charge is -2.16. The molecule has 0 radical (unpaired) electrons. The Labute approximate surface area is 93.7 Å². The van der Waals surface area contributed by atoms with Gasteiger partial charge in [0.2, 0.25) is 0 Å². The average molecular weight is 230 g/mol. The van der Waals surface area contributed by atoms with Gasteiger partial charge in [-0.3, -0.25) is 0 Å². The molecule has 1 aliphatic rings. The predicted octanol–water partition coefficient (Wildman–Crippen LogP) is 2.95. The molecule has 0 aromatic heterocycles. The largest absolute Gasteiger partial charge is 0.489 e. The second-order valence-corrected chi connectivity index (χ2v) is 4.15. The van der Waals surface area contributed by atoms with Crippen molar-refractivity contribution in [2.45, 2.75) is 26.0 Å². The van der Waals surface area contributed by atoms with Crippen LogP contribution in [0.1, 0.15) is 18.9 Å². The van der Waals surface area contributed by atoms with Gasteiger partial charge in [0, 0.05) is 12.1 Å². The molecule has 0 saturated carbocycles. The lowest BCUT2D eigenvalue weighted by Crippen LogP contribution is -2.26. The SMILES string of the molecule is CC[C@@H]1CN(Cl)Cc2c(F)cccc2O1. The average Bonchev–Trinajstić information content (AvgIpc) is 2.37. The molecule has 2 nitrogen and oxygen atoms in total. The minimum absolute atomic E-state index is 0.0329. The van der Waals surface area contributed by atoms with Crippen molar-refractivity contribution in [1.82, 2.24) is 4.42 Å². The summed E-state index contributed by atoms with van der Waals surface area (Å²) in [6.07, 6.45) is 0.893. The van der Waals surface area contributed by atoms with Crippen molar-refractivity contribution in [3.63, 3.8) is 0 Å². The highest BCUT2D eigenvalue weighted by Crippen LogP contribution is 2.28. The molecular formula is C11H13ClFNO. The molecule has 2 rings (SSSR count). The van der Waals surface area contributed by atoms with Crippen LogP contribution in [-0.4, -0.2) is 17.1 Å². The molecule has 0 spiro atoms. The Bertz CT molecular complexity index is 358. The standard InChI is InChI=1S/C11H13ClFNO/c1-2-8-6-14(12)7-9-10(13)4-3-5-11(9)15-8/h3-5,8H,2,6-7H2,1H3/t8-/m1/s1. The van der Waals surface area contributed by atoms with Crippen LogP contribution >= 0.6 is 11.8 Å². The van der Waals surface area contributed by atoms with Gasteiger partial charge in [-0.15, -0.1) is 0 Å². The van der Waals surface area contributed by atoms with E-state index in [1.807, 2.05) is 6.92 Å². The number of benzene rings is 1. The maximum atomic E-state index is 13.5. The third kappa shape index (κ3) is 2.24. The summed E-state index contributed by atoms with van der Waals surface area (Å²) >= 11 is 5.98. The monoisotopic (exact) mass is 229 g/mol. The Hall–Kier alpha value is -0.800. The molecule has 1 heterocycles. The van der Waals surface area contributed by atoms with E-state index in [9.17, 15) is 4.39 Å². The van der Waals surface area contributed by atoms with Crippen molar-refractivity contribution in [3.8, 4) is 5.75 Å². The van der Waals surface area contributed by atoms with Crippen LogP contribution in [0.25, 0.3) is 0 Å². The Kier molecular flexibility index (Phi) is 3.12. The van der Waals surface area contributed by atoms with E-state index in [0.29, 0.717) is 24.4 Å². The molecular weight excluding hydrogens is 217 g/mol. The van der Waals surface area contributed by atoms with Crippen LogP contribution in [0.2, 0.25) is 0 Å². The molecule has 82 valence electrons. The van der Waals surface area contributed by atoms with Gasteiger partial charge in [0.1, 0.15) is 17.7 Å². The Morgan fingerprint density at radius 2 is 2.40 bits per heavy atom. The third-order valence-electron chi connectivity index (χ3n) is 2.56. The van der Waals surface area contributed by atoms with Crippen LogP contribution in [0.3, 0.4) is 0 Å². The summed E-state index contributed by atoms with van der Waals surface area (Å²) in [5, 5.41) is 0. The molecule has 0 amide bonds. The van der Waals surface area contributed by atoms with Crippen molar-refractivity contribution in [1.29, 1.82) is 0 Å². The number of fused-ring (bicyclic) bond motifs is 1. The summed E-state index contributed by atoms with van der Waals surface area (Å²) in [6, 6.07) is 4.88. The lowest BCUT2D eigenvalue weighted by atomic mass is 10.2. The van der Waals surface area contributed by atoms with E-state index in [0.717, 1.165) is 6.42 Å². The summed E-state index contributed by atoms with van der Waals surface area (Å²) < 4.78 is 20.8. The van der Waals surface area contributed by atoms with E-state index >= 15 is 0 Å². The van der Waals surface area contributed by atoms with Crippen LogP contribution in [0.5, 0.6) is 5.75 Å². The molecule has 0 bridgehead atoms. The maximum Gasteiger partial charge on any atom is 0.131 e. The van der Waals surface area contributed by atoms with E-state index in [4.69, 9.17) is 16.5 Å². The van der Waals surface area contributed by atoms with Crippen LogP contribution in [0, 0.1) is 5.82 Å². The quantitative estimate of drug-likeness (QED) is 0.687. The zero-order chi connectivity index (χ0) is 10.8. The molecule has 15 heavy (non-hydrogen) atoms. The minimum Gasteiger partial charge on any atom is -0.489 e. The predicted molar refractivity (Wildman–Crippen MR) is 57.4 cm³/mol. The van der Waals surface area contributed by atoms with Crippen LogP contribution in [0.15, 0.2) is 18.2 Å². The van der Waals surface area contributed by atoms with Crippen molar-refractivity contribution in [2.75, 3.05) is 6.54 Å². The number of ether oxygens (including phenoxy) is 1. The maximum absolute atomic E-state index is 13.5. The molecule has 0 aliphatic carbocycles. The van der Waals surface area contributed by atoms with Crippen LogP contribution in [-0.2, 0) is 6.54 Å². The first-order valence-electron chi connectivity index (χ1n) is 5.05. The van der Waals surface area contributed by atoms with Gasteiger partial charge in [0.25, 0.3) is 0 Å². The minimum atomic E-state index is -0.255. The Balaban J connectivity index is 2.36. The first-order chi connectivity index (χ1) is 7.20. The van der Waals surface area contributed by atoms with Crippen molar-refractivity contribution in [2.24, 2.45) is 0 Å². The number of rotatable bonds is 1. The van der Waals surface area contributed by atoms with E-state index in [1.54, 1.807) is 16.6 Å². The summed E-state index contributed by atoms with van der Waals surface area (Å²) in [7, 11) is 0.